The molecule has 6 nitrogen and oxygen atoms in total. The molecule has 2 aromatic carbocycles. The molecule has 1 amide bonds. The highest BCUT2D eigenvalue weighted by atomic mass is 32.1. The summed E-state index contributed by atoms with van der Waals surface area (Å²) in [6.45, 7) is 3.65. The lowest BCUT2D eigenvalue weighted by atomic mass is 10.1. The maximum atomic E-state index is 12.4. The Morgan fingerprint density at radius 2 is 1.73 bits per heavy atom. The van der Waals surface area contributed by atoms with E-state index in [1.165, 1.54) is 16.9 Å². The van der Waals surface area contributed by atoms with Gasteiger partial charge < -0.3 is 9.47 Å². The van der Waals surface area contributed by atoms with Gasteiger partial charge in [0.15, 0.2) is 11.2 Å². The molecule has 7 heteroatoms. The van der Waals surface area contributed by atoms with Crippen molar-refractivity contribution in [1.82, 2.24) is 4.98 Å². The molecule has 1 atom stereocenters. The van der Waals surface area contributed by atoms with E-state index in [0.717, 1.165) is 23.2 Å². The highest BCUT2D eigenvalue weighted by Gasteiger charge is 2.19. The minimum Gasteiger partial charge on any atom is -0.497 e. The number of hydrogen-bond acceptors (Lipinski definition) is 6. The number of methoxy groups -OCH3 is 1. The Labute approximate surface area is 179 Å². The molecule has 1 unspecified atom stereocenters. The Kier molecular flexibility index (Phi) is 7.19. The number of thiazole rings is 1. The average Bonchev–Trinajstić information content (AvgIpc) is 3.22. The van der Waals surface area contributed by atoms with Crippen molar-refractivity contribution in [2.45, 2.75) is 32.8 Å². The van der Waals surface area contributed by atoms with E-state index in [9.17, 15) is 9.59 Å². The second kappa shape index (κ2) is 10.0. The Morgan fingerprint density at radius 3 is 2.37 bits per heavy atom. The molecule has 1 aromatic heterocycles. The zero-order chi connectivity index (χ0) is 21.5. The lowest BCUT2D eigenvalue weighted by Gasteiger charge is -2.12. The number of ether oxygens (including phenoxy) is 2. The first-order chi connectivity index (χ1) is 14.5. The molecular weight excluding hydrogens is 400 g/mol. The van der Waals surface area contributed by atoms with Crippen LogP contribution in [0, 0.1) is 0 Å². The van der Waals surface area contributed by atoms with Gasteiger partial charge in [0, 0.05) is 10.9 Å². The van der Waals surface area contributed by atoms with Gasteiger partial charge in [0.05, 0.1) is 19.2 Å². The molecule has 156 valence electrons. The van der Waals surface area contributed by atoms with Gasteiger partial charge in [-0.05, 0) is 36.6 Å². The van der Waals surface area contributed by atoms with Crippen LogP contribution in [-0.2, 0) is 27.2 Å². The predicted octanol–water partition coefficient (Wildman–Crippen LogP) is 4.49. The highest BCUT2D eigenvalue weighted by molar-refractivity contribution is 7.14. The summed E-state index contributed by atoms with van der Waals surface area (Å²) in [6, 6.07) is 15.3. The summed E-state index contributed by atoms with van der Waals surface area (Å²) in [5, 5.41) is 5.06. The lowest BCUT2D eigenvalue weighted by molar-refractivity contribution is -0.152. The molecule has 30 heavy (non-hydrogen) atoms. The Morgan fingerprint density at radius 1 is 1.07 bits per heavy atom. The number of nitrogens with one attached hydrogen (secondary N) is 1. The topological polar surface area (TPSA) is 77.5 Å². The first-order valence-corrected chi connectivity index (χ1v) is 10.5. The third-order valence-electron chi connectivity index (χ3n) is 4.58. The van der Waals surface area contributed by atoms with Crippen LogP contribution in [-0.4, -0.2) is 30.1 Å². The summed E-state index contributed by atoms with van der Waals surface area (Å²) in [5.41, 5.74) is 3.82. The second-order valence-electron chi connectivity index (χ2n) is 6.73. The summed E-state index contributed by atoms with van der Waals surface area (Å²) >= 11 is 1.33. The van der Waals surface area contributed by atoms with Crippen molar-refractivity contribution >= 4 is 28.3 Å². The molecule has 3 aromatic rings. The minimum absolute atomic E-state index is 0.0801. The van der Waals surface area contributed by atoms with Crippen molar-refractivity contribution < 1.29 is 19.1 Å². The Hall–Kier alpha value is -3.19. The molecule has 1 N–H and O–H groups in total. The van der Waals surface area contributed by atoms with Gasteiger partial charge in [0.2, 0.25) is 0 Å². The minimum atomic E-state index is -0.924. The summed E-state index contributed by atoms with van der Waals surface area (Å²) in [4.78, 5) is 29.0. The van der Waals surface area contributed by atoms with Crippen LogP contribution in [0.1, 0.15) is 25.0 Å². The van der Waals surface area contributed by atoms with Gasteiger partial charge in [-0.3, -0.25) is 14.9 Å². The van der Waals surface area contributed by atoms with E-state index in [2.05, 4.69) is 29.4 Å². The average molecular weight is 425 g/mol. The number of benzene rings is 2. The summed E-state index contributed by atoms with van der Waals surface area (Å²) < 4.78 is 10.3. The van der Waals surface area contributed by atoms with Crippen LogP contribution in [0.3, 0.4) is 0 Å². The van der Waals surface area contributed by atoms with Crippen LogP contribution in [0.2, 0.25) is 0 Å². The van der Waals surface area contributed by atoms with Gasteiger partial charge in [0.1, 0.15) is 5.75 Å². The fraction of sp³-hybridized carbons (Fsp3) is 0.261. The molecule has 0 fully saturated rings. The van der Waals surface area contributed by atoms with E-state index in [0.29, 0.717) is 10.9 Å². The van der Waals surface area contributed by atoms with Gasteiger partial charge >= 0.3 is 5.97 Å². The summed E-state index contributed by atoms with van der Waals surface area (Å²) in [7, 11) is 1.58. The molecule has 0 saturated heterocycles. The Bertz CT molecular complexity index is 997. The molecule has 0 aliphatic rings. The van der Waals surface area contributed by atoms with Crippen LogP contribution < -0.4 is 10.1 Å². The zero-order valence-corrected chi connectivity index (χ0v) is 18.0. The highest BCUT2D eigenvalue weighted by Crippen LogP contribution is 2.25. The molecule has 0 saturated carbocycles. The van der Waals surface area contributed by atoms with E-state index in [-0.39, 0.29) is 6.42 Å². The van der Waals surface area contributed by atoms with Gasteiger partial charge in [-0.1, -0.05) is 43.3 Å². The number of amides is 1. The fourth-order valence-corrected chi connectivity index (χ4v) is 3.51. The number of rotatable bonds is 8. The normalized spacial score (nSPS) is 11.6. The van der Waals surface area contributed by atoms with Crippen LogP contribution in [0.15, 0.2) is 53.9 Å². The van der Waals surface area contributed by atoms with E-state index < -0.39 is 18.0 Å². The molecule has 0 aliphatic heterocycles. The van der Waals surface area contributed by atoms with Crippen molar-refractivity contribution in [1.29, 1.82) is 0 Å². The van der Waals surface area contributed by atoms with Gasteiger partial charge in [-0.15, -0.1) is 11.3 Å². The van der Waals surface area contributed by atoms with Gasteiger partial charge in [-0.25, -0.2) is 4.98 Å². The number of hydrogen-bond donors (Lipinski definition) is 1. The van der Waals surface area contributed by atoms with Crippen molar-refractivity contribution in [3.8, 4) is 17.0 Å². The van der Waals surface area contributed by atoms with Crippen LogP contribution in [0.25, 0.3) is 11.3 Å². The van der Waals surface area contributed by atoms with Gasteiger partial charge in [-0.2, -0.15) is 0 Å². The second-order valence-corrected chi connectivity index (χ2v) is 7.59. The fourth-order valence-electron chi connectivity index (χ4n) is 2.78. The smallest absolute Gasteiger partial charge is 0.311 e. The van der Waals surface area contributed by atoms with Crippen molar-refractivity contribution in [2.75, 3.05) is 12.4 Å². The molecular formula is C23H24N2O4S. The summed E-state index contributed by atoms with van der Waals surface area (Å²) in [6.07, 6.45) is 0.136. The van der Waals surface area contributed by atoms with E-state index in [1.807, 2.05) is 17.5 Å². The van der Waals surface area contributed by atoms with Crippen molar-refractivity contribution in [3.63, 3.8) is 0 Å². The number of nitrogens with zero attached hydrogens (tertiary/aromatic N) is 1. The van der Waals surface area contributed by atoms with E-state index in [4.69, 9.17) is 9.47 Å². The number of aryl methyl sites for hydroxylation is 1. The van der Waals surface area contributed by atoms with E-state index >= 15 is 0 Å². The van der Waals surface area contributed by atoms with Crippen molar-refractivity contribution in [3.05, 3.63) is 65.0 Å². The third-order valence-corrected chi connectivity index (χ3v) is 5.33. The molecule has 0 aliphatic carbocycles. The van der Waals surface area contributed by atoms with E-state index in [1.54, 1.807) is 38.3 Å². The largest absolute Gasteiger partial charge is 0.497 e. The first-order valence-electron chi connectivity index (χ1n) is 9.66. The van der Waals surface area contributed by atoms with Crippen LogP contribution in [0.5, 0.6) is 5.75 Å². The molecule has 0 radical (unpaired) electrons. The van der Waals surface area contributed by atoms with Crippen molar-refractivity contribution in [2.24, 2.45) is 0 Å². The number of esters is 1. The van der Waals surface area contributed by atoms with Crippen LogP contribution >= 0.6 is 11.3 Å². The number of aromatic nitrogens is 1. The van der Waals surface area contributed by atoms with Crippen LogP contribution in [0.4, 0.5) is 5.13 Å². The number of carbonyl (C=O) groups excluding carboxylic acids is 2. The third kappa shape index (κ3) is 5.67. The number of anilines is 1. The monoisotopic (exact) mass is 424 g/mol. The standard InChI is InChI=1S/C23H24N2O4S/c1-4-16-5-9-18(10-6-16)20-14-30-23(24-20)25-22(27)15(2)29-21(26)13-17-7-11-19(28-3)12-8-17/h5-12,14-15H,4,13H2,1-3H3,(H,24,25,27). The maximum Gasteiger partial charge on any atom is 0.311 e. The van der Waals surface area contributed by atoms with Gasteiger partial charge in [0.25, 0.3) is 5.91 Å². The lowest BCUT2D eigenvalue weighted by Crippen LogP contribution is -2.30. The predicted molar refractivity (Wildman–Crippen MR) is 118 cm³/mol. The molecule has 1 heterocycles. The maximum absolute atomic E-state index is 12.4. The molecule has 0 spiro atoms. The Balaban J connectivity index is 1.53. The number of carbonyl (C=O) groups is 2. The SMILES string of the molecule is CCc1ccc(-c2csc(NC(=O)C(C)OC(=O)Cc3ccc(OC)cc3)n2)cc1. The molecule has 3 rings (SSSR count). The molecule has 0 bridgehead atoms. The zero-order valence-electron chi connectivity index (χ0n) is 17.2. The summed E-state index contributed by atoms with van der Waals surface area (Å²) in [5.74, 6) is -0.178. The first kappa shape index (κ1) is 21.5. The quantitative estimate of drug-likeness (QED) is 0.539.